The zero-order valence-corrected chi connectivity index (χ0v) is 12.2. The van der Waals surface area contributed by atoms with E-state index in [0.29, 0.717) is 16.3 Å². The summed E-state index contributed by atoms with van der Waals surface area (Å²) in [5, 5.41) is 11.3. The van der Waals surface area contributed by atoms with Crippen LogP contribution in [0.2, 0.25) is 0 Å². The SMILES string of the molecule is Oc1c(OC(F)(F)c2nc3ccccc3o2)ccc2ccccc12. The minimum absolute atomic E-state index is 0.235. The van der Waals surface area contributed by atoms with E-state index in [1.54, 1.807) is 48.5 Å². The third kappa shape index (κ3) is 2.32. The molecule has 4 rings (SSSR count). The number of phenolic OH excluding ortho intramolecular Hbond substituents is 1. The van der Waals surface area contributed by atoms with E-state index in [9.17, 15) is 13.9 Å². The molecule has 1 heterocycles. The zero-order chi connectivity index (χ0) is 16.7. The van der Waals surface area contributed by atoms with Crippen LogP contribution >= 0.6 is 0 Å². The van der Waals surface area contributed by atoms with Gasteiger partial charge in [-0.1, -0.05) is 42.5 Å². The molecule has 0 aliphatic carbocycles. The lowest BCUT2D eigenvalue weighted by Crippen LogP contribution is -2.22. The van der Waals surface area contributed by atoms with Crippen molar-refractivity contribution in [2.75, 3.05) is 0 Å². The Morgan fingerprint density at radius 3 is 2.54 bits per heavy atom. The maximum Gasteiger partial charge on any atom is 0.480 e. The van der Waals surface area contributed by atoms with Gasteiger partial charge in [-0.2, -0.15) is 8.78 Å². The highest BCUT2D eigenvalue weighted by atomic mass is 19.3. The van der Waals surface area contributed by atoms with Gasteiger partial charge in [0, 0.05) is 5.39 Å². The summed E-state index contributed by atoms with van der Waals surface area (Å²) in [6, 6.07) is 16.2. The van der Waals surface area contributed by atoms with Crippen LogP contribution in [-0.4, -0.2) is 10.1 Å². The highest BCUT2D eigenvalue weighted by Gasteiger charge is 2.42. The predicted molar refractivity (Wildman–Crippen MR) is 84.1 cm³/mol. The monoisotopic (exact) mass is 327 g/mol. The first-order chi connectivity index (χ1) is 11.5. The molecule has 120 valence electrons. The average Bonchev–Trinajstić information content (AvgIpc) is 3.03. The third-order valence-corrected chi connectivity index (χ3v) is 3.64. The molecule has 0 radical (unpaired) electrons. The number of halogens is 2. The van der Waals surface area contributed by atoms with Crippen LogP contribution in [0.5, 0.6) is 11.5 Å². The van der Waals surface area contributed by atoms with E-state index in [4.69, 9.17) is 9.15 Å². The van der Waals surface area contributed by atoms with Crippen molar-refractivity contribution in [3.05, 3.63) is 66.6 Å². The van der Waals surface area contributed by atoms with Crippen molar-refractivity contribution >= 4 is 21.9 Å². The number of hydrogen-bond donors (Lipinski definition) is 1. The highest BCUT2D eigenvalue weighted by molar-refractivity contribution is 5.90. The molecule has 0 unspecified atom stereocenters. The molecule has 0 aliphatic rings. The summed E-state index contributed by atoms with van der Waals surface area (Å²) in [5.74, 6) is -1.57. The summed E-state index contributed by atoms with van der Waals surface area (Å²) in [7, 11) is 0. The normalized spacial score (nSPS) is 11.9. The Hall–Kier alpha value is -3.15. The molecule has 0 bridgehead atoms. The molecule has 0 fully saturated rings. The molecule has 1 aromatic heterocycles. The van der Waals surface area contributed by atoms with E-state index in [0.717, 1.165) is 0 Å². The summed E-state index contributed by atoms with van der Waals surface area (Å²) in [6.07, 6.45) is -3.82. The Balaban J connectivity index is 1.74. The third-order valence-electron chi connectivity index (χ3n) is 3.64. The van der Waals surface area contributed by atoms with E-state index in [1.165, 1.54) is 12.1 Å². The Morgan fingerprint density at radius 2 is 1.71 bits per heavy atom. The Morgan fingerprint density at radius 1 is 0.958 bits per heavy atom. The Bertz CT molecular complexity index is 1010. The molecule has 3 aromatic carbocycles. The van der Waals surface area contributed by atoms with Gasteiger partial charge in [-0.25, -0.2) is 4.98 Å². The fourth-order valence-corrected chi connectivity index (χ4v) is 2.50. The van der Waals surface area contributed by atoms with Crippen LogP contribution in [0.25, 0.3) is 21.9 Å². The second kappa shape index (κ2) is 5.19. The van der Waals surface area contributed by atoms with E-state index >= 15 is 0 Å². The number of alkyl halides is 2. The topological polar surface area (TPSA) is 55.5 Å². The minimum Gasteiger partial charge on any atom is -0.504 e. The van der Waals surface area contributed by atoms with Crippen molar-refractivity contribution in [2.45, 2.75) is 6.11 Å². The first-order valence-corrected chi connectivity index (χ1v) is 7.18. The van der Waals surface area contributed by atoms with Crippen LogP contribution in [0.4, 0.5) is 8.78 Å². The lowest BCUT2D eigenvalue weighted by Gasteiger charge is -2.16. The lowest BCUT2D eigenvalue weighted by molar-refractivity contribution is -0.202. The second-order valence-electron chi connectivity index (χ2n) is 5.24. The van der Waals surface area contributed by atoms with Crippen molar-refractivity contribution in [2.24, 2.45) is 0 Å². The zero-order valence-electron chi connectivity index (χ0n) is 12.2. The molecule has 0 amide bonds. The molecule has 1 N–H and O–H groups in total. The van der Waals surface area contributed by atoms with Gasteiger partial charge in [0.15, 0.2) is 17.1 Å². The maximum atomic E-state index is 14.4. The van der Waals surface area contributed by atoms with Crippen molar-refractivity contribution in [1.29, 1.82) is 0 Å². The number of rotatable bonds is 3. The molecule has 0 spiro atoms. The number of phenols is 1. The number of hydrogen-bond acceptors (Lipinski definition) is 4. The van der Waals surface area contributed by atoms with E-state index in [1.807, 2.05) is 0 Å². The molecule has 6 heteroatoms. The molecule has 24 heavy (non-hydrogen) atoms. The van der Waals surface area contributed by atoms with Crippen molar-refractivity contribution < 1.29 is 23.0 Å². The first-order valence-electron chi connectivity index (χ1n) is 7.18. The van der Waals surface area contributed by atoms with E-state index < -0.39 is 12.0 Å². The molecule has 4 aromatic rings. The van der Waals surface area contributed by atoms with Gasteiger partial charge in [0.1, 0.15) is 5.52 Å². The van der Waals surface area contributed by atoms with Crippen LogP contribution in [0.15, 0.2) is 65.1 Å². The number of oxazole rings is 1. The van der Waals surface area contributed by atoms with Gasteiger partial charge in [-0.15, -0.1) is 0 Å². The maximum absolute atomic E-state index is 14.4. The molecule has 0 saturated carbocycles. The summed E-state index contributed by atoms with van der Waals surface area (Å²) < 4.78 is 38.5. The van der Waals surface area contributed by atoms with E-state index in [-0.39, 0.29) is 17.1 Å². The number of benzene rings is 3. The van der Waals surface area contributed by atoms with Crippen LogP contribution in [-0.2, 0) is 6.11 Å². The number of fused-ring (bicyclic) bond motifs is 2. The lowest BCUT2D eigenvalue weighted by atomic mass is 10.1. The number of aromatic nitrogens is 1. The van der Waals surface area contributed by atoms with Gasteiger partial charge in [0.25, 0.3) is 0 Å². The largest absolute Gasteiger partial charge is 0.504 e. The number of nitrogens with zero attached hydrogens (tertiary/aromatic N) is 1. The van der Waals surface area contributed by atoms with Gasteiger partial charge in [-0.3, -0.25) is 0 Å². The molecular weight excluding hydrogens is 316 g/mol. The number of para-hydroxylation sites is 2. The fraction of sp³-hybridized carbons (Fsp3) is 0.0556. The highest BCUT2D eigenvalue weighted by Crippen LogP contribution is 2.40. The van der Waals surface area contributed by atoms with Gasteiger partial charge in [0.2, 0.25) is 0 Å². The number of aromatic hydroxyl groups is 1. The van der Waals surface area contributed by atoms with Crippen LogP contribution in [0.1, 0.15) is 5.89 Å². The van der Waals surface area contributed by atoms with Gasteiger partial charge in [0.05, 0.1) is 0 Å². The van der Waals surface area contributed by atoms with Gasteiger partial charge in [-0.05, 0) is 23.6 Å². The molecule has 0 saturated heterocycles. The molecule has 4 nitrogen and oxygen atoms in total. The fourth-order valence-electron chi connectivity index (χ4n) is 2.50. The van der Waals surface area contributed by atoms with Gasteiger partial charge < -0.3 is 14.3 Å². The summed E-state index contributed by atoms with van der Waals surface area (Å²) >= 11 is 0. The van der Waals surface area contributed by atoms with Crippen molar-refractivity contribution in [3.8, 4) is 11.5 Å². The second-order valence-corrected chi connectivity index (χ2v) is 5.24. The first kappa shape index (κ1) is 14.4. The van der Waals surface area contributed by atoms with E-state index in [2.05, 4.69) is 4.98 Å². The predicted octanol–water partition coefficient (Wildman–Crippen LogP) is 4.81. The summed E-state index contributed by atoms with van der Waals surface area (Å²) in [5.41, 5.74) is 0.539. The quantitative estimate of drug-likeness (QED) is 0.586. The van der Waals surface area contributed by atoms with Crippen molar-refractivity contribution in [3.63, 3.8) is 0 Å². The molecule has 0 aliphatic heterocycles. The summed E-state index contributed by atoms with van der Waals surface area (Å²) in [4.78, 5) is 3.75. The Kier molecular flexibility index (Phi) is 3.13. The standard InChI is InChI=1S/C18H11F2NO3/c19-18(20,17-21-13-7-3-4-8-14(13)23-17)24-15-10-9-11-5-1-2-6-12(11)16(15)22/h1-10,22H. The molecule has 0 atom stereocenters. The summed E-state index contributed by atoms with van der Waals surface area (Å²) in [6.45, 7) is 0. The molecular formula is C18H11F2NO3. The van der Waals surface area contributed by atoms with Crippen molar-refractivity contribution in [1.82, 2.24) is 4.98 Å². The van der Waals surface area contributed by atoms with Crippen LogP contribution in [0.3, 0.4) is 0 Å². The van der Waals surface area contributed by atoms with Gasteiger partial charge >= 0.3 is 12.0 Å². The number of ether oxygens (including phenoxy) is 1. The Labute approximate surface area is 134 Å². The smallest absolute Gasteiger partial charge is 0.480 e. The van der Waals surface area contributed by atoms with Crippen LogP contribution < -0.4 is 4.74 Å². The minimum atomic E-state index is -3.82. The average molecular weight is 327 g/mol. The van der Waals surface area contributed by atoms with Crippen LogP contribution in [0, 0.1) is 0 Å².